The van der Waals surface area contributed by atoms with Gasteiger partial charge in [0, 0.05) is 29.7 Å². The normalized spacial score (nSPS) is 14.0. The van der Waals surface area contributed by atoms with E-state index < -0.39 is 11.6 Å². The van der Waals surface area contributed by atoms with Gasteiger partial charge in [-0.05, 0) is 67.6 Å². The molecular weight excluding hydrogens is 462 g/mol. The number of benzene rings is 2. The minimum Gasteiger partial charge on any atom is -0.494 e. The predicted octanol–water partition coefficient (Wildman–Crippen LogP) is 5.78. The van der Waals surface area contributed by atoms with Gasteiger partial charge in [0.05, 0.1) is 12.0 Å². The Kier molecular flexibility index (Phi) is 8.89. The van der Waals surface area contributed by atoms with Gasteiger partial charge in [-0.3, -0.25) is 4.31 Å². The van der Waals surface area contributed by atoms with E-state index in [1.54, 1.807) is 11.4 Å². The lowest BCUT2D eigenvalue weighted by atomic mass is 9.90. The molecule has 3 aromatic rings. The third-order valence-corrected chi connectivity index (χ3v) is 6.81. The summed E-state index contributed by atoms with van der Waals surface area (Å²) in [6, 6.07) is 10.4. The predicted molar refractivity (Wildman–Crippen MR) is 123 cm³/mol. The summed E-state index contributed by atoms with van der Waals surface area (Å²) in [5.41, 5.74) is 1.44. The van der Waals surface area contributed by atoms with Crippen LogP contribution in [0.2, 0.25) is 5.02 Å². The van der Waals surface area contributed by atoms with Crippen LogP contribution in [-0.4, -0.2) is 36.6 Å². The van der Waals surface area contributed by atoms with Gasteiger partial charge < -0.3 is 10.1 Å². The molecule has 1 aliphatic heterocycles. The first kappa shape index (κ1) is 23.7. The zero-order valence-electron chi connectivity index (χ0n) is 17.1. The highest BCUT2D eigenvalue weighted by Crippen LogP contribution is 2.32. The summed E-state index contributed by atoms with van der Waals surface area (Å²) in [5.74, 6) is -0.532. The molecule has 166 valence electrons. The number of anilines is 1. The zero-order chi connectivity index (χ0) is 22.2. The zero-order valence-corrected chi connectivity index (χ0v) is 19.5. The Morgan fingerprint density at radius 1 is 1.16 bits per heavy atom. The van der Waals surface area contributed by atoms with Crippen molar-refractivity contribution < 1.29 is 13.5 Å². The summed E-state index contributed by atoms with van der Waals surface area (Å²) in [4.78, 5) is 4.13. The van der Waals surface area contributed by atoms with Crippen molar-refractivity contribution in [3.63, 3.8) is 0 Å². The number of hydrogen-bond donors (Lipinski definition) is 1. The molecule has 10 heteroatoms. The number of ether oxygens (including phenoxy) is 1. The molecule has 1 aliphatic rings. The van der Waals surface area contributed by atoms with Crippen molar-refractivity contribution in [2.24, 2.45) is 0 Å². The van der Waals surface area contributed by atoms with Crippen LogP contribution in [0.15, 0.2) is 47.6 Å². The number of nitrogens with one attached hydrogen (secondary N) is 1. The van der Waals surface area contributed by atoms with E-state index >= 15 is 0 Å². The molecule has 0 spiro atoms. The average Bonchev–Trinajstić information content (AvgIpc) is 3.33. The average molecular weight is 485 g/mol. The van der Waals surface area contributed by atoms with Crippen LogP contribution < -0.4 is 14.4 Å². The van der Waals surface area contributed by atoms with E-state index in [-0.39, 0.29) is 10.6 Å². The molecule has 1 N–H and O–H groups in total. The maximum Gasteiger partial charge on any atom is 0.214 e. The van der Waals surface area contributed by atoms with Crippen molar-refractivity contribution >= 4 is 40.2 Å². The molecular formula is C21H23ClF2N4OS2. The fraction of sp³-hybridized carbons (Fsp3) is 0.333. The quantitative estimate of drug-likeness (QED) is 0.463. The van der Waals surface area contributed by atoms with Crippen molar-refractivity contribution in [2.75, 3.05) is 31.6 Å². The van der Waals surface area contributed by atoms with Crippen molar-refractivity contribution in [2.45, 2.75) is 23.7 Å². The first-order valence-electron chi connectivity index (χ1n) is 9.65. The molecule has 1 aromatic heterocycles. The largest absolute Gasteiger partial charge is 0.494 e. The Labute approximate surface area is 194 Å². The van der Waals surface area contributed by atoms with E-state index in [0.29, 0.717) is 5.13 Å². The lowest BCUT2D eigenvalue weighted by molar-refractivity contribution is 0.380. The highest BCUT2D eigenvalue weighted by atomic mass is 35.5. The fourth-order valence-corrected chi connectivity index (χ4v) is 4.58. The SMILES string of the molecule is COc1cc(F)c(SN(C)c2ncns2)cc1F.Clc1ccc(C2CCNCC2)cc1. The van der Waals surface area contributed by atoms with Gasteiger partial charge in [-0.1, -0.05) is 23.7 Å². The summed E-state index contributed by atoms with van der Waals surface area (Å²) in [7, 11) is 2.99. The lowest BCUT2D eigenvalue weighted by Gasteiger charge is -2.22. The highest BCUT2D eigenvalue weighted by Gasteiger charge is 2.15. The van der Waals surface area contributed by atoms with Gasteiger partial charge >= 0.3 is 0 Å². The number of rotatable bonds is 5. The summed E-state index contributed by atoms with van der Waals surface area (Å²) >= 11 is 8.04. The van der Waals surface area contributed by atoms with Gasteiger partial charge in [-0.2, -0.15) is 4.37 Å². The first-order valence-corrected chi connectivity index (χ1v) is 11.6. The number of hydrogen-bond acceptors (Lipinski definition) is 7. The van der Waals surface area contributed by atoms with Gasteiger partial charge in [0.25, 0.3) is 0 Å². The standard InChI is InChI=1S/C11H14ClN.C10H9F2N3OS2/c12-11-3-1-9(2-4-11)10-5-7-13-8-6-10;1-15(10-13-5-14-17-10)18-9-4-6(11)8(16-2)3-7(9)12/h1-4,10,13H,5-8H2;3-5H,1-2H3. The molecule has 2 aromatic carbocycles. The fourth-order valence-electron chi connectivity index (χ4n) is 3.12. The molecule has 0 radical (unpaired) electrons. The Morgan fingerprint density at radius 3 is 2.48 bits per heavy atom. The van der Waals surface area contributed by atoms with Gasteiger partial charge in [0.1, 0.15) is 12.1 Å². The smallest absolute Gasteiger partial charge is 0.214 e. The molecule has 0 unspecified atom stereocenters. The Balaban J connectivity index is 0.000000185. The van der Waals surface area contributed by atoms with E-state index in [1.807, 2.05) is 12.1 Å². The molecule has 5 nitrogen and oxygen atoms in total. The third-order valence-electron chi connectivity index (χ3n) is 4.74. The van der Waals surface area contributed by atoms with Crippen molar-refractivity contribution in [1.82, 2.24) is 14.7 Å². The molecule has 2 heterocycles. The molecule has 0 aliphatic carbocycles. The van der Waals surface area contributed by atoms with E-state index in [1.165, 1.54) is 43.4 Å². The summed E-state index contributed by atoms with van der Waals surface area (Å²) < 4.78 is 37.3. The van der Waals surface area contributed by atoms with Gasteiger partial charge in [0.15, 0.2) is 11.6 Å². The number of methoxy groups -OCH3 is 1. The molecule has 1 saturated heterocycles. The van der Waals surface area contributed by atoms with Gasteiger partial charge in [-0.15, -0.1) is 0 Å². The van der Waals surface area contributed by atoms with Gasteiger partial charge in [-0.25, -0.2) is 13.8 Å². The first-order chi connectivity index (χ1) is 15.0. The number of halogens is 3. The van der Waals surface area contributed by atoms with Crippen LogP contribution in [0.25, 0.3) is 0 Å². The highest BCUT2D eigenvalue weighted by molar-refractivity contribution is 8.00. The summed E-state index contributed by atoms with van der Waals surface area (Å²) in [5, 5.41) is 4.81. The number of nitrogens with zero attached hydrogens (tertiary/aromatic N) is 3. The second kappa shape index (κ2) is 11.6. The minimum absolute atomic E-state index is 0.115. The molecule has 31 heavy (non-hydrogen) atoms. The van der Waals surface area contributed by atoms with Crippen molar-refractivity contribution in [3.8, 4) is 5.75 Å². The van der Waals surface area contributed by atoms with Crippen molar-refractivity contribution in [3.05, 3.63) is 64.9 Å². The topological polar surface area (TPSA) is 50.3 Å². The number of aromatic nitrogens is 2. The maximum absolute atomic E-state index is 13.7. The van der Waals surface area contributed by atoms with Crippen LogP contribution in [0.1, 0.15) is 24.3 Å². The van der Waals surface area contributed by atoms with Crippen LogP contribution in [0.5, 0.6) is 5.75 Å². The van der Waals surface area contributed by atoms with Crippen LogP contribution >= 0.6 is 35.1 Å². The Morgan fingerprint density at radius 2 is 1.87 bits per heavy atom. The minimum atomic E-state index is -0.605. The second-order valence-electron chi connectivity index (χ2n) is 6.81. The van der Waals surface area contributed by atoms with Gasteiger partial charge in [0.2, 0.25) is 5.13 Å². The van der Waals surface area contributed by atoms with Crippen LogP contribution in [-0.2, 0) is 0 Å². The van der Waals surface area contributed by atoms with E-state index in [0.717, 1.165) is 48.1 Å². The number of piperidine rings is 1. The molecule has 0 atom stereocenters. The molecule has 1 fully saturated rings. The monoisotopic (exact) mass is 484 g/mol. The summed E-state index contributed by atoms with van der Waals surface area (Å²) in [6.07, 6.45) is 3.91. The molecule has 0 amide bonds. The van der Waals surface area contributed by atoms with Crippen LogP contribution in [0, 0.1) is 11.6 Å². The second-order valence-corrected chi connectivity index (χ2v) is 9.17. The van der Waals surface area contributed by atoms with E-state index in [9.17, 15) is 8.78 Å². The molecule has 0 saturated carbocycles. The third kappa shape index (κ3) is 6.77. The molecule has 4 rings (SSSR count). The van der Waals surface area contributed by atoms with E-state index in [4.69, 9.17) is 16.3 Å². The Hall–Kier alpha value is -1.94. The maximum atomic E-state index is 13.7. The lowest BCUT2D eigenvalue weighted by Crippen LogP contribution is -2.26. The summed E-state index contributed by atoms with van der Waals surface area (Å²) in [6.45, 7) is 2.29. The van der Waals surface area contributed by atoms with Crippen LogP contribution in [0.4, 0.5) is 13.9 Å². The van der Waals surface area contributed by atoms with Crippen molar-refractivity contribution in [1.29, 1.82) is 0 Å². The Bertz CT molecular complexity index is 955. The van der Waals surface area contributed by atoms with E-state index in [2.05, 4.69) is 26.8 Å². The molecule has 0 bridgehead atoms. The van der Waals surface area contributed by atoms with Crippen LogP contribution in [0.3, 0.4) is 0 Å².